The molecule has 1 aliphatic rings. The molecule has 154 valence electrons. The van der Waals surface area contributed by atoms with Gasteiger partial charge >= 0.3 is 0 Å². The fourth-order valence-electron chi connectivity index (χ4n) is 4.18. The number of ether oxygens (including phenoxy) is 3. The van der Waals surface area contributed by atoms with Gasteiger partial charge in [-0.1, -0.05) is 13.0 Å². The van der Waals surface area contributed by atoms with E-state index < -0.39 is 0 Å². The van der Waals surface area contributed by atoms with Crippen LogP contribution in [0, 0.1) is 5.92 Å². The van der Waals surface area contributed by atoms with E-state index in [2.05, 4.69) is 35.8 Å². The summed E-state index contributed by atoms with van der Waals surface area (Å²) in [6.07, 6.45) is 2.67. The van der Waals surface area contributed by atoms with Gasteiger partial charge in [-0.2, -0.15) is 0 Å². The molecule has 28 heavy (non-hydrogen) atoms. The van der Waals surface area contributed by atoms with Crippen LogP contribution in [0.4, 0.5) is 0 Å². The van der Waals surface area contributed by atoms with Crippen LogP contribution in [0.5, 0.6) is 17.2 Å². The second-order valence-corrected chi connectivity index (χ2v) is 8.61. The topological polar surface area (TPSA) is 48.7 Å². The molecule has 6 heteroatoms. The molecule has 2 heterocycles. The third-order valence-electron chi connectivity index (χ3n) is 5.85. The number of nitrogens with one attached hydrogen (secondary N) is 1. The molecule has 3 rings (SSSR count). The number of hydrogen-bond acceptors (Lipinski definition) is 4. The molecule has 2 aromatic rings. The van der Waals surface area contributed by atoms with Crippen LogP contribution in [0.15, 0.2) is 29.6 Å². The van der Waals surface area contributed by atoms with Crippen molar-refractivity contribution in [3.8, 4) is 17.2 Å². The Morgan fingerprint density at radius 1 is 1.07 bits per heavy atom. The van der Waals surface area contributed by atoms with Crippen molar-refractivity contribution in [2.45, 2.75) is 32.4 Å². The minimum Gasteiger partial charge on any atom is -0.493 e. The molecule has 0 amide bonds. The minimum absolute atomic E-state index is 0.554. The largest absolute Gasteiger partial charge is 0.493 e. The normalized spacial score (nSPS) is 20.6. The summed E-state index contributed by atoms with van der Waals surface area (Å²) in [7, 11) is 4.99. The summed E-state index contributed by atoms with van der Waals surface area (Å²) in [5.74, 6) is 3.01. The van der Waals surface area contributed by atoms with Gasteiger partial charge < -0.3 is 24.4 Å². The van der Waals surface area contributed by atoms with Crippen molar-refractivity contribution in [1.82, 2.24) is 0 Å². The quantitative estimate of drug-likeness (QED) is 0.669. The number of piperidine rings is 1. The predicted octanol–water partition coefficient (Wildman–Crippen LogP) is 1.89. The molecule has 1 aliphatic heterocycles. The first-order valence-electron chi connectivity index (χ1n) is 10.1. The zero-order chi connectivity index (χ0) is 19.9. The highest BCUT2D eigenvalue weighted by atomic mass is 32.1. The van der Waals surface area contributed by atoms with Gasteiger partial charge in [0.2, 0.25) is 5.75 Å². The van der Waals surface area contributed by atoms with Crippen molar-refractivity contribution >= 4 is 11.3 Å². The van der Waals surface area contributed by atoms with Crippen LogP contribution < -0.4 is 24.4 Å². The van der Waals surface area contributed by atoms with Gasteiger partial charge in [0.1, 0.15) is 13.1 Å². The third-order valence-corrected chi connectivity index (χ3v) is 6.83. The number of benzene rings is 1. The van der Waals surface area contributed by atoms with Crippen molar-refractivity contribution in [2.24, 2.45) is 5.92 Å². The highest BCUT2D eigenvalue weighted by Crippen LogP contribution is 2.39. The maximum Gasteiger partial charge on any atom is 0.203 e. The predicted molar refractivity (Wildman–Crippen MR) is 113 cm³/mol. The Hall–Kier alpha value is -1.76. The monoisotopic (exact) mass is 406 g/mol. The van der Waals surface area contributed by atoms with Gasteiger partial charge in [0.15, 0.2) is 17.5 Å². The van der Waals surface area contributed by atoms with Gasteiger partial charge in [-0.15, -0.1) is 11.3 Å². The Kier molecular flexibility index (Phi) is 7.59. The van der Waals surface area contributed by atoms with Gasteiger partial charge in [0.25, 0.3) is 0 Å². The highest BCUT2D eigenvalue weighted by Gasteiger charge is 2.30. The van der Waals surface area contributed by atoms with Crippen molar-refractivity contribution in [1.29, 1.82) is 0 Å². The Bertz CT molecular complexity index is 728. The molecule has 5 nitrogen and oxygen atoms in total. The summed E-state index contributed by atoms with van der Waals surface area (Å²) in [5.41, 5.74) is 1.13. The van der Waals surface area contributed by atoms with E-state index >= 15 is 0 Å². The number of rotatable bonds is 9. The van der Waals surface area contributed by atoms with Gasteiger partial charge in [-0.05, 0) is 42.3 Å². The first kappa shape index (κ1) is 21.0. The lowest BCUT2D eigenvalue weighted by atomic mass is 9.97. The number of methoxy groups -OCH3 is 3. The molecule has 0 spiro atoms. The molecule has 0 saturated carbocycles. The van der Waals surface area contributed by atoms with E-state index in [1.165, 1.54) is 30.8 Å². The Morgan fingerprint density at radius 3 is 2.43 bits per heavy atom. The first-order chi connectivity index (χ1) is 13.7. The zero-order valence-electron chi connectivity index (χ0n) is 17.5. The molecular weight excluding hydrogens is 372 g/mol. The maximum absolute atomic E-state index is 5.64. The van der Waals surface area contributed by atoms with Gasteiger partial charge in [-0.3, -0.25) is 0 Å². The van der Waals surface area contributed by atoms with Gasteiger partial charge in [0, 0.05) is 0 Å². The van der Waals surface area contributed by atoms with Crippen molar-refractivity contribution in [3.05, 3.63) is 40.1 Å². The number of quaternary nitrogens is 2. The second-order valence-electron chi connectivity index (χ2n) is 7.63. The first-order valence-corrected chi connectivity index (χ1v) is 11.0. The van der Waals surface area contributed by atoms with E-state index in [0.717, 1.165) is 30.3 Å². The second kappa shape index (κ2) is 10.1. The Balaban J connectivity index is 1.69. The summed E-state index contributed by atoms with van der Waals surface area (Å²) < 4.78 is 16.6. The molecule has 1 atom stereocenters. The SMILES string of the molecule is COc1ccc(C[NH2+]C[C@@H](c2cccs2)[NH+]2CCC(C)CC2)c(OC)c1OC. The minimum atomic E-state index is 0.554. The third kappa shape index (κ3) is 4.80. The molecule has 0 aliphatic carbocycles. The van der Waals surface area contributed by atoms with Crippen LogP contribution in [0.3, 0.4) is 0 Å². The summed E-state index contributed by atoms with van der Waals surface area (Å²) >= 11 is 1.89. The van der Waals surface area contributed by atoms with Crippen molar-refractivity contribution < 1.29 is 24.4 Å². The standard InChI is InChI=1S/C22H32N2O3S/c1-16-9-11-24(12-10-16)18(20-6-5-13-28-20)15-23-14-17-7-8-19(25-2)22(27-4)21(17)26-3/h5-8,13,16,18,23H,9-12,14-15H2,1-4H3/p+2/t18-/m0/s1. The lowest BCUT2D eigenvalue weighted by Gasteiger charge is -2.32. The van der Waals surface area contributed by atoms with Crippen LogP contribution in [-0.2, 0) is 6.54 Å². The van der Waals surface area contributed by atoms with Crippen LogP contribution in [0.25, 0.3) is 0 Å². The van der Waals surface area contributed by atoms with Crippen molar-refractivity contribution in [2.75, 3.05) is 41.0 Å². The molecule has 0 unspecified atom stereocenters. The fourth-order valence-corrected chi connectivity index (χ4v) is 5.08. The molecule has 1 fully saturated rings. The van der Waals surface area contributed by atoms with Crippen LogP contribution >= 0.6 is 11.3 Å². The van der Waals surface area contributed by atoms with Crippen LogP contribution in [0.2, 0.25) is 0 Å². The lowest BCUT2D eigenvalue weighted by molar-refractivity contribution is -0.950. The molecule has 1 saturated heterocycles. The smallest absolute Gasteiger partial charge is 0.203 e. The van der Waals surface area contributed by atoms with Crippen LogP contribution in [-0.4, -0.2) is 41.0 Å². The van der Waals surface area contributed by atoms with E-state index in [-0.39, 0.29) is 0 Å². The molecule has 0 bridgehead atoms. The number of thiophene rings is 1. The lowest BCUT2D eigenvalue weighted by Crippen LogP contribution is -3.15. The van der Waals surface area contributed by atoms with Gasteiger partial charge in [-0.25, -0.2) is 0 Å². The van der Waals surface area contributed by atoms with E-state index in [1.807, 2.05) is 17.4 Å². The van der Waals surface area contributed by atoms with Crippen LogP contribution in [0.1, 0.15) is 36.2 Å². The number of hydrogen-bond donors (Lipinski definition) is 2. The van der Waals surface area contributed by atoms with E-state index in [0.29, 0.717) is 17.5 Å². The summed E-state index contributed by atoms with van der Waals surface area (Å²) in [4.78, 5) is 3.23. The van der Waals surface area contributed by atoms with E-state index in [9.17, 15) is 0 Å². The molecular formula is C22H34N2O3S+2. The average Bonchev–Trinajstić information content (AvgIpc) is 3.25. The number of nitrogens with two attached hydrogens (primary N) is 1. The number of likely N-dealkylation sites (tertiary alicyclic amines) is 1. The summed E-state index contributed by atoms with van der Waals surface area (Å²) in [6.45, 7) is 6.86. The molecule has 1 aromatic heterocycles. The molecule has 0 radical (unpaired) electrons. The average molecular weight is 407 g/mol. The zero-order valence-corrected chi connectivity index (χ0v) is 18.3. The molecule has 1 aromatic carbocycles. The summed E-state index contributed by atoms with van der Waals surface area (Å²) in [5, 5.41) is 4.60. The highest BCUT2D eigenvalue weighted by molar-refractivity contribution is 7.10. The summed E-state index contributed by atoms with van der Waals surface area (Å²) in [6, 6.07) is 9.06. The maximum atomic E-state index is 5.64. The Labute approximate surface area is 172 Å². The van der Waals surface area contributed by atoms with E-state index in [4.69, 9.17) is 14.2 Å². The fraction of sp³-hybridized carbons (Fsp3) is 0.545. The Morgan fingerprint density at radius 2 is 1.82 bits per heavy atom. The van der Waals surface area contributed by atoms with E-state index in [1.54, 1.807) is 26.2 Å². The molecule has 3 N–H and O–H groups in total. The van der Waals surface area contributed by atoms with Gasteiger partial charge in [0.05, 0.1) is 44.9 Å². The van der Waals surface area contributed by atoms with Crippen molar-refractivity contribution in [3.63, 3.8) is 0 Å².